The number of aliphatic hydroxyl groups is 3. The number of fused-ring (bicyclic) bond motifs is 3. The lowest BCUT2D eigenvalue weighted by Gasteiger charge is -2.50. The predicted molar refractivity (Wildman–Crippen MR) is 157 cm³/mol. The lowest BCUT2D eigenvalue weighted by atomic mass is 9.58. The van der Waals surface area contributed by atoms with E-state index in [0.717, 1.165) is 13.0 Å². The molecule has 4 atom stereocenters. The number of Topliss-reactive ketones (excluding diaryl/α,β-unsaturated/α-hetero) is 2. The molecule has 13 heteroatoms. The van der Waals surface area contributed by atoms with E-state index in [1.807, 2.05) is 19.0 Å². The number of ketones is 2. The number of hydrogen-bond acceptors (Lipinski definition) is 11. The third kappa shape index (κ3) is 4.77. The Hall–Kier alpha value is -4.46. The van der Waals surface area contributed by atoms with Crippen molar-refractivity contribution in [2.75, 3.05) is 41.3 Å². The molecule has 3 aliphatic carbocycles. The largest absolute Gasteiger partial charge is 0.510 e. The summed E-state index contributed by atoms with van der Waals surface area (Å²) >= 11 is 0. The van der Waals surface area contributed by atoms with Gasteiger partial charge in [0.2, 0.25) is 5.78 Å². The van der Waals surface area contributed by atoms with Crippen LogP contribution in [-0.2, 0) is 16.0 Å². The predicted octanol–water partition coefficient (Wildman–Crippen LogP) is 1.06. The average molecular weight is 609 g/mol. The summed E-state index contributed by atoms with van der Waals surface area (Å²) < 4.78 is 5.87. The van der Waals surface area contributed by atoms with Crippen molar-refractivity contribution in [3.63, 3.8) is 0 Å². The maximum Gasteiger partial charge on any atom is 0.287 e. The quantitative estimate of drug-likeness (QED) is 0.184. The van der Waals surface area contributed by atoms with Gasteiger partial charge in [0.15, 0.2) is 17.1 Å². The summed E-state index contributed by atoms with van der Waals surface area (Å²) in [5.41, 5.74) is 2.24. The number of nitrogens with two attached hydrogens (primary N) is 1. The number of amides is 2. The van der Waals surface area contributed by atoms with Gasteiger partial charge in [-0.15, -0.1) is 0 Å². The molecule has 44 heavy (non-hydrogen) atoms. The van der Waals surface area contributed by atoms with Crippen molar-refractivity contribution in [3.05, 3.63) is 63.8 Å². The van der Waals surface area contributed by atoms with Crippen LogP contribution in [0.3, 0.4) is 0 Å². The first-order valence-corrected chi connectivity index (χ1v) is 14.2. The van der Waals surface area contributed by atoms with Crippen LogP contribution in [-0.4, -0.2) is 107 Å². The Kier molecular flexibility index (Phi) is 7.91. The fraction of sp³-hybridized carbons (Fsp3) is 0.419. The van der Waals surface area contributed by atoms with Gasteiger partial charge in [0.05, 0.1) is 11.6 Å². The van der Waals surface area contributed by atoms with Crippen molar-refractivity contribution < 1.29 is 44.0 Å². The number of nitrogens with zero attached hydrogens (tertiary/aromatic N) is 2. The molecule has 2 aromatic rings. The molecule has 0 saturated carbocycles. The molecular formula is C31H36N4O9. The summed E-state index contributed by atoms with van der Waals surface area (Å²) in [6.45, 7) is 1.25. The summed E-state index contributed by atoms with van der Waals surface area (Å²) in [4.78, 5) is 55.7. The van der Waals surface area contributed by atoms with Crippen LogP contribution in [0, 0.1) is 11.8 Å². The highest BCUT2D eigenvalue weighted by molar-refractivity contribution is 6.24. The minimum absolute atomic E-state index is 0.0420. The number of hydrogen-bond donors (Lipinski definition) is 6. The molecule has 0 radical (unpaired) electrons. The summed E-state index contributed by atoms with van der Waals surface area (Å²) in [6, 6.07) is 4.86. The molecule has 0 saturated heterocycles. The van der Waals surface area contributed by atoms with Gasteiger partial charge in [-0.2, -0.15) is 0 Å². The second-order valence-electron chi connectivity index (χ2n) is 12.0. The van der Waals surface area contributed by atoms with Gasteiger partial charge in [0.1, 0.15) is 28.6 Å². The zero-order chi connectivity index (χ0) is 32.2. The van der Waals surface area contributed by atoms with Gasteiger partial charge in [0, 0.05) is 23.6 Å². The fourth-order valence-electron chi connectivity index (χ4n) is 6.77. The SMILES string of the molecule is CN(C)CCCNC(=O)c1ccc(-c2ccc(O)c3c2C[C@H]2C[C@H]4[C@H](N(C)C)C(O)=C(C(N)=O)C(=O)[C@@]4(O)C(O)=C2C3=O)o1. The standard InChI is InChI=1S/C31H36N4O9/c1-34(2)11-5-10-33-30(42)20-9-8-19(44-20)15-6-7-18(36)22-16(15)12-14-13-17-24(35(3)4)26(38)23(29(32)41)28(40)31(17,43)27(39)21(14)25(22)37/h6-9,14,17,24,36,38-39,43H,5,10-13H2,1-4H3,(H2,32,41)(H,33,42)/t14-,17-,24-,31-/m0/s1. The number of furan rings is 1. The molecular weight excluding hydrogens is 572 g/mol. The minimum Gasteiger partial charge on any atom is -0.510 e. The van der Waals surface area contributed by atoms with Crippen LogP contribution in [0.4, 0.5) is 0 Å². The molecule has 13 nitrogen and oxygen atoms in total. The van der Waals surface area contributed by atoms with Gasteiger partial charge in [0.25, 0.3) is 11.8 Å². The number of aromatic hydroxyl groups is 1. The van der Waals surface area contributed by atoms with Crippen LogP contribution in [0.1, 0.15) is 39.3 Å². The monoisotopic (exact) mass is 608 g/mol. The number of carbonyl (C=O) groups excluding carboxylic acids is 4. The molecule has 0 unspecified atom stereocenters. The normalized spacial score (nSPS) is 24.8. The Bertz CT molecular complexity index is 1640. The van der Waals surface area contributed by atoms with Crippen molar-refractivity contribution in [3.8, 4) is 17.1 Å². The number of rotatable bonds is 8. The van der Waals surface area contributed by atoms with Crippen LogP contribution in [0.15, 0.2) is 51.3 Å². The van der Waals surface area contributed by atoms with Crippen LogP contribution >= 0.6 is 0 Å². The van der Waals surface area contributed by atoms with Crippen molar-refractivity contribution >= 4 is 23.4 Å². The summed E-state index contributed by atoms with van der Waals surface area (Å²) in [5.74, 6) is -7.28. The zero-order valence-electron chi connectivity index (χ0n) is 24.9. The number of benzene rings is 1. The number of allylic oxidation sites excluding steroid dienone is 1. The highest BCUT2D eigenvalue weighted by Gasteiger charge is 2.63. The van der Waals surface area contributed by atoms with Crippen LogP contribution < -0.4 is 11.1 Å². The number of carbonyl (C=O) groups is 4. The van der Waals surface area contributed by atoms with E-state index >= 15 is 0 Å². The Morgan fingerprint density at radius 3 is 2.43 bits per heavy atom. The molecule has 3 aliphatic rings. The van der Waals surface area contributed by atoms with E-state index in [0.29, 0.717) is 17.7 Å². The van der Waals surface area contributed by atoms with Crippen molar-refractivity contribution in [2.45, 2.75) is 30.9 Å². The van der Waals surface area contributed by atoms with Gasteiger partial charge in [-0.3, -0.25) is 24.1 Å². The zero-order valence-corrected chi connectivity index (χ0v) is 24.9. The van der Waals surface area contributed by atoms with E-state index in [-0.39, 0.29) is 41.2 Å². The van der Waals surface area contributed by atoms with Crippen LogP contribution in [0.5, 0.6) is 5.75 Å². The first-order valence-electron chi connectivity index (χ1n) is 14.2. The second-order valence-corrected chi connectivity index (χ2v) is 12.0. The summed E-state index contributed by atoms with van der Waals surface area (Å²) in [6.07, 6.45) is 0.794. The van der Waals surface area contributed by atoms with Gasteiger partial charge < -0.3 is 40.8 Å². The molecule has 234 valence electrons. The molecule has 7 N–H and O–H groups in total. The number of phenolic OH excluding ortho intramolecular Hbond substituents is 1. The number of likely N-dealkylation sites (N-methyl/N-ethyl adjacent to an activating group) is 1. The number of primary amides is 1. The van der Waals surface area contributed by atoms with Crippen LogP contribution in [0.2, 0.25) is 0 Å². The first kappa shape index (κ1) is 31.0. The van der Waals surface area contributed by atoms with E-state index < -0.39 is 64.0 Å². The summed E-state index contributed by atoms with van der Waals surface area (Å²) in [7, 11) is 7.01. The third-order valence-corrected chi connectivity index (χ3v) is 8.77. The minimum atomic E-state index is -2.71. The molecule has 1 aromatic heterocycles. The fourth-order valence-corrected chi connectivity index (χ4v) is 6.77. The van der Waals surface area contributed by atoms with E-state index in [9.17, 15) is 39.6 Å². The first-order chi connectivity index (χ1) is 20.7. The van der Waals surface area contributed by atoms with Gasteiger partial charge in [-0.1, -0.05) is 0 Å². The van der Waals surface area contributed by atoms with E-state index in [2.05, 4.69) is 5.32 Å². The molecule has 0 bridgehead atoms. The van der Waals surface area contributed by atoms with Gasteiger partial charge >= 0.3 is 0 Å². The molecule has 2 amide bonds. The van der Waals surface area contributed by atoms with Gasteiger partial charge in [-0.25, -0.2) is 0 Å². The molecule has 0 fully saturated rings. The van der Waals surface area contributed by atoms with Crippen LogP contribution in [0.25, 0.3) is 11.3 Å². The molecule has 0 aliphatic heterocycles. The van der Waals surface area contributed by atoms with Crippen molar-refractivity contribution in [2.24, 2.45) is 17.6 Å². The van der Waals surface area contributed by atoms with Crippen molar-refractivity contribution in [1.29, 1.82) is 0 Å². The van der Waals surface area contributed by atoms with E-state index in [1.165, 1.54) is 17.0 Å². The second kappa shape index (κ2) is 11.2. The topological polar surface area (TPSA) is 207 Å². The van der Waals surface area contributed by atoms with Crippen molar-refractivity contribution in [1.82, 2.24) is 15.1 Å². The maximum atomic E-state index is 13.9. The number of nitrogens with one attached hydrogen (secondary N) is 1. The van der Waals surface area contributed by atoms with Gasteiger partial charge in [-0.05, 0) is 89.7 Å². The Morgan fingerprint density at radius 2 is 1.80 bits per heavy atom. The maximum absolute atomic E-state index is 13.9. The van der Waals surface area contributed by atoms with E-state index in [4.69, 9.17) is 10.2 Å². The van der Waals surface area contributed by atoms with E-state index in [1.54, 1.807) is 26.2 Å². The molecule has 0 spiro atoms. The molecule has 1 aromatic carbocycles. The lowest BCUT2D eigenvalue weighted by molar-refractivity contribution is -0.148. The smallest absolute Gasteiger partial charge is 0.287 e. The average Bonchev–Trinajstić information content (AvgIpc) is 3.43. The third-order valence-electron chi connectivity index (χ3n) is 8.77. The highest BCUT2D eigenvalue weighted by atomic mass is 16.4. The lowest BCUT2D eigenvalue weighted by Crippen LogP contribution is -2.63. The number of aliphatic hydroxyl groups excluding tert-OH is 2. The summed E-state index contributed by atoms with van der Waals surface area (Å²) in [5, 5.41) is 47.7. The molecule has 1 heterocycles. The highest BCUT2D eigenvalue weighted by Crippen LogP contribution is 2.53. The Morgan fingerprint density at radius 1 is 1.09 bits per heavy atom. The Labute approximate surface area is 253 Å². The molecule has 5 rings (SSSR count). The Balaban J connectivity index is 1.55. The number of phenols is 1.